The monoisotopic (exact) mass is 343 g/mol. The van der Waals surface area contributed by atoms with E-state index in [1.54, 1.807) is 20.4 Å². The first kappa shape index (κ1) is 17.7. The summed E-state index contributed by atoms with van der Waals surface area (Å²) in [6.45, 7) is 4.08. The minimum absolute atomic E-state index is 0.417. The predicted octanol–water partition coefficient (Wildman–Crippen LogP) is 3.64. The van der Waals surface area contributed by atoms with Gasteiger partial charge in [-0.3, -0.25) is 5.43 Å². The number of aryl methyl sites for hydroxylation is 2. The number of rotatable bonds is 5. The van der Waals surface area contributed by atoms with E-state index in [4.69, 9.17) is 21.7 Å². The van der Waals surface area contributed by atoms with Gasteiger partial charge >= 0.3 is 0 Å². The predicted molar refractivity (Wildman–Crippen MR) is 102 cm³/mol. The van der Waals surface area contributed by atoms with Crippen LogP contribution >= 0.6 is 12.2 Å². The molecule has 2 N–H and O–H groups in total. The number of thiocarbonyl (C=S) groups is 1. The molecule has 0 aliphatic carbocycles. The molecule has 0 aromatic heterocycles. The van der Waals surface area contributed by atoms with Crippen LogP contribution in [0.25, 0.3) is 0 Å². The van der Waals surface area contributed by atoms with Gasteiger partial charge in [0.05, 0.1) is 20.4 Å². The van der Waals surface area contributed by atoms with Gasteiger partial charge in [-0.15, -0.1) is 0 Å². The molecule has 2 aromatic rings. The second-order valence-electron chi connectivity index (χ2n) is 5.23. The zero-order valence-corrected chi connectivity index (χ0v) is 15.0. The Morgan fingerprint density at radius 1 is 1.12 bits per heavy atom. The Labute approximate surface area is 147 Å². The summed E-state index contributed by atoms with van der Waals surface area (Å²) in [7, 11) is 3.19. The maximum absolute atomic E-state index is 5.35. The summed E-state index contributed by atoms with van der Waals surface area (Å²) in [5.74, 6) is 1.27. The van der Waals surface area contributed by atoms with Crippen LogP contribution in [-0.4, -0.2) is 25.5 Å². The van der Waals surface area contributed by atoms with E-state index in [0.717, 1.165) is 16.8 Å². The molecule has 0 saturated heterocycles. The molecular formula is C18H21N3O2S. The van der Waals surface area contributed by atoms with E-state index in [1.165, 1.54) is 5.56 Å². The standard InChI is InChI=1S/C18H21N3O2S/c1-12-8-9-15(13(2)10-12)20-18(24)21-19-11-14-6-5-7-16(22-3)17(14)23-4/h5-11H,1-4H3,(H2,20,21,24). The highest BCUT2D eigenvalue weighted by Gasteiger charge is 2.07. The molecule has 6 heteroatoms. The molecule has 0 heterocycles. The zero-order valence-electron chi connectivity index (χ0n) is 14.2. The summed E-state index contributed by atoms with van der Waals surface area (Å²) >= 11 is 5.26. The Bertz CT molecular complexity index is 760. The first-order valence-electron chi connectivity index (χ1n) is 7.43. The minimum atomic E-state index is 0.417. The van der Waals surface area contributed by atoms with Crippen LogP contribution in [0.2, 0.25) is 0 Å². The fourth-order valence-corrected chi connectivity index (χ4v) is 2.44. The normalized spacial score (nSPS) is 10.5. The lowest BCUT2D eigenvalue weighted by atomic mass is 10.1. The molecule has 5 nitrogen and oxygen atoms in total. The Balaban J connectivity index is 2.02. The molecule has 0 fully saturated rings. The van der Waals surface area contributed by atoms with Gasteiger partial charge in [0.25, 0.3) is 0 Å². The number of methoxy groups -OCH3 is 2. The summed E-state index contributed by atoms with van der Waals surface area (Å²) in [5, 5.41) is 7.70. The zero-order chi connectivity index (χ0) is 17.5. The number of hydrazone groups is 1. The van der Waals surface area contributed by atoms with E-state index in [2.05, 4.69) is 28.8 Å². The number of nitrogens with zero attached hydrogens (tertiary/aromatic N) is 1. The van der Waals surface area contributed by atoms with Crippen molar-refractivity contribution in [2.24, 2.45) is 5.10 Å². The average molecular weight is 343 g/mol. The molecule has 0 spiro atoms. The summed E-state index contributed by atoms with van der Waals surface area (Å²) in [5.41, 5.74) is 6.88. The third-order valence-corrected chi connectivity index (χ3v) is 3.63. The van der Waals surface area contributed by atoms with Gasteiger partial charge in [-0.05, 0) is 49.8 Å². The third-order valence-electron chi connectivity index (χ3n) is 3.43. The van der Waals surface area contributed by atoms with Gasteiger partial charge in [0.15, 0.2) is 16.6 Å². The van der Waals surface area contributed by atoms with Crippen molar-refractivity contribution in [2.45, 2.75) is 13.8 Å². The van der Waals surface area contributed by atoms with Crippen molar-refractivity contribution < 1.29 is 9.47 Å². The largest absolute Gasteiger partial charge is 0.493 e. The van der Waals surface area contributed by atoms with Crippen LogP contribution in [0, 0.1) is 13.8 Å². The highest BCUT2D eigenvalue weighted by Crippen LogP contribution is 2.29. The van der Waals surface area contributed by atoms with Gasteiger partial charge in [-0.25, -0.2) is 0 Å². The summed E-state index contributed by atoms with van der Waals surface area (Å²) in [4.78, 5) is 0. The minimum Gasteiger partial charge on any atom is -0.493 e. The molecule has 0 unspecified atom stereocenters. The molecule has 0 aliphatic heterocycles. The second kappa shape index (κ2) is 8.31. The first-order valence-corrected chi connectivity index (χ1v) is 7.84. The Hall–Kier alpha value is -2.60. The van der Waals surface area contributed by atoms with Gasteiger partial charge in [0.1, 0.15) is 0 Å². The lowest BCUT2D eigenvalue weighted by Crippen LogP contribution is -2.24. The van der Waals surface area contributed by atoms with E-state index in [-0.39, 0.29) is 0 Å². The van der Waals surface area contributed by atoms with Crippen LogP contribution in [0.15, 0.2) is 41.5 Å². The summed E-state index contributed by atoms with van der Waals surface area (Å²) in [6, 6.07) is 11.7. The number of para-hydroxylation sites is 1. The SMILES string of the molecule is COc1cccc(C=NNC(=S)Nc2ccc(C)cc2C)c1OC. The average Bonchev–Trinajstić information content (AvgIpc) is 2.57. The van der Waals surface area contributed by atoms with Crippen molar-refractivity contribution in [1.82, 2.24) is 5.43 Å². The molecule has 2 aromatic carbocycles. The molecule has 0 amide bonds. The summed E-state index contributed by atoms with van der Waals surface area (Å²) in [6.07, 6.45) is 1.64. The molecule has 126 valence electrons. The van der Waals surface area contributed by atoms with Crippen LogP contribution in [0.3, 0.4) is 0 Å². The second-order valence-corrected chi connectivity index (χ2v) is 5.63. The van der Waals surface area contributed by atoms with Crippen molar-refractivity contribution in [2.75, 3.05) is 19.5 Å². The Morgan fingerprint density at radius 3 is 2.58 bits per heavy atom. The molecular weight excluding hydrogens is 322 g/mol. The lowest BCUT2D eigenvalue weighted by Gasteiger charge is -2.11. The number of ether oxygens (including phenoxy) is 2. The topological polar surface area (TPSA) is 54.9 Å². The van der Waals surface area contributed by atoms with Crippen LogP contribution < -0.4 is 20.2 Å². The van der Waals surface area contributed by atoms with Crippen molar-refractivity contribution in [3.8, 4) is 11.5 Å². The fourth-order valence-electron chi connectivity index (χ4n) is 2.28. The molecule has 0 saturated carbocycles. The van der Waals surface area contributed by atoms with E-state index in [9.17, 15) is 0 Å². The van der Waals surface area contributed by atoms with Crippen LogP contribution in [0.5, 0.6) is 11.5 Å². The Morgan fingerprint density at radius 2 is 1.92 bits per heavy atom. The van der Waals surface area contributed by atoms with Crippen LogP contribution in [0.1, 0.15) is 16.7 Å². The van der Waals surface area contributed by atoms with Crippen molar-refractivity contribution >= 4 is 29.2 Å². The van der Waals surface area contributed by atoms with Crippen LogP contribution in [0.4, 0.5) is 5.69 Å². The summed E-state index contributed by atoms with van der Waals surface area (Å²) < 4.78 is 10.6. The molecule has 0 atom stereocenters. The quantitative estimate of drug-likeness (QED) is 0.493. The maximum atomic E-state index is 5.35. The van der Waals surface area contributed by atoms with E-state index < -0.39 is 0 Å². The molecule has 0 radical (unpaired) electrons. The highest BCUT2D eigenvalue weighted by molar-refractivity contribution is 7.80. The van der Waals surface area contributed by atoms with E-state index in [1.807, 2.05) is 37.3 Å². The fraction of sp³-hybridized carbons (Fsp3) is 0.222. The number of hydrogen-bond acceptors (Lipinski definition) is 4. The maximum Gasteiger partial charge on any atom is 0.191 e. The van der Waals surface area contributed by atoms with Gasteiger partial charge in [-0.1, -0.05) is 23.8 Å². The number of anilines is 1. The number of benzene rings is 2. The third kappa shape index (κ3) is 4.45. The van der Waals surface area contributed by atoms with Crippen LogP contribution in [-0.2, 0) is 0 Å². The van der Waals surface area contributed by atoms with Crippen molar-refractivity contribution in [3.63, 3.8) is 0 Å². The first-order chi connectivity index (χ1) is 11.5. The van der Waals surface area contributed by atoms with E-state index in [0.29, 0.717) is 16.6 Å². The molecule has 0 aliphatic rings. The smallest absolute Gasteiger partial charge is 0.191 e. The van der Waals surface area contributed by atoms with Crippen molar-refractivity contribution in [1.29, 1.82) is 0 Å². The van der Waals surface area contributed by atoms with Crippen molar-refractivity contribution in [3.05, 3.63) is 53.1 Å². The van der Waals surface area contributed by atoms with Gasteiger partial charge in [0, 0.05) is 11.3 Å². The highest BCUT2D eigenvalue weighted by atomic mass is 32.1. The Kier molecular flexibility index (Phi) is 6.14. The number of hydrogen-bond donors (Lipinski definition) is 2. The molecule has 2 rings (SSSR count). The van der Waals surface area contributed by atoms with E-state index >= 15 is 0 Å². The van der Waals surface area contributed by atoms with Gasteiger partial charge in [-0.2, -0.15) is 5.10 Å². The molecule has 0 bridgehead atoms. The van der Waals surface area contributed by atoms with Gasteiger partial charge < -0.3 is 14.8 Å². The number of nitrogens with one attached hydrogen (secondary N) is 2. The van der Waals surface area contributed by atoms with Gasteiger partial charge in [0.2, 0.25) is 0 Å². The lowest BCUT2D eigenvalue weighted by molar-refractivity contribution is 0.354. The molecule has 24 heavy (non-hydrogen) atoms.